The van der Waals surface area contributed by atoms with Gasteiger partial charge in [0.1, 0.15) is 47.5 Å². The lowest BCUT2D eigenvalue weighted by Gasteiger charge is -2.08. The first kappa shape index (κ1) is 26.9. The quantitative estimate of drug-likeness (QED) is 0.167. The highest BCUT2D eigenvalue weighted by Gasteiger charge is 2.34. The van der Waals surface area contributed by atoms with E-state index in [4.69, 9.17) is 0 Å². The normalized spacial score (nSPS) is 11.6. The Bertz CT molecular complexity index is 2370. The van der Waals surface area contributed by atoms with Gasteiger partial charge in [-0.25, -0.2) is 0 Å². The standard InChI is InChI=1S/C39H18N4O2/c40-17-27(18-41)38-34-13-25(23-4-1-3-22(11-23)21-44)7-9-30(34)32-15-37-33(16-36(32)38)31-10-8-26(24-5-2-6-29(45)12-24)14-35(31)39(37)28(19-42)20-43/h1-16,21,45H. The molecule has 0 bridgehead atoms. The molecule has 206 valence electrons. The fourth-order valence-corrected chi connectivity index (χ4v) is 6.37. The van der Waals surface area contributed by atoms with Crippen molar-refractivity contribution in [1.29, 1.82) is 21.0 Å². The molecule has 45 heavy (non-hydrogen) atoms. The Balaban J connectivity index is 1.48. The Labute approximate surface area is 258 Å². The molecule has 0 aliphatic heterocycles. The van der Waals surface area contributed by atoms with E-state index in [1.807, 2.05) is 60.7 Å². The summed E-state index contributed by atoms with van der Waals surface area (Å²) in [5.41, 5.74) is 10.8. The van der Waals surface area contributed by atoms with Crippen LogP contribution in [0, 0.1) is 45.3 Å². The Morgan fingerprint density at radius 1 is 0.489 bits per heavy atom. The Morgan fingerprint density at radius 2 is 0.933 bits per heavy atom. The van der Waals surface area contributed by atoms with Crippen molar-refractivity contribution in [2.45, 2.75) is 0 Å². The molecule has 0 atom stereocenters. The summed E-state index contributed by atoms with van der Waals surface area (Å²) < 4.78 is 0. The van der Waals surface area contributed by atoms with Gasteiger partial charge in [-0.3, -0.25) is 4.79 Å². The van der Waals surface area contributed by atoms with E-state index in [2.05, 4.69) is 24.3 Å². The summed E-state index contributed by atoms with van der Waals surface area (Å²) in [7, 11) is 0. The maximum atomic E-state index is 11.4. The van der Waals surface area contributed by atoms with Crippen LogP contribution in [0.5, 0.6) is 5.75 Å². The third-order valence-electron chi connectivity index (χ3n) is 8.34. The van der Waals surface area contributed by atoms with Crippen LogP contribution in [0.2, 0.25) is 0 Å². The molecule has 6 nitrogen and oxygen atoms in total. The predicted octanol–water partition coefficient (Wildman–Crippen LogP) is 8.20. The SMILES string of the molecule is N#CC(C#N)=C1c2cc(-c3cccc(O)c3)ccc2-c2cc3c(cc21)-c1ccc(-c2cccc(C=O)c2)cc1C3=C(C#N)C#N. The zero-order valence-electron chi connectivity index (χ0n) is 23.5. The molecule has 0 radical (unpaired) electrons. The molecule has 5 aromatic carbocycles. The number of nitriles is 4. The van der Waals surface area contributed by atoms with Gasteiger partial charge in [0.15, 0.2) is 0 Å². The number of fused-ring (bicyclic) bond motifs is 6. The number of aromatic hydroxyl groups is 1. The molecule has 0 aromatic heterocycles. The van der Waals surface area contributed by atoms with Crippen LogP contribution in [0.15, 0.2) is 108 Å². The zero-order valence-corrected chi connectivity index (χ0v) is 23.5. The van der Waals surface area contributed by atoms with Gasteiger partial charge in [-0.05, 0) is 109 Å². The van der Waals surface area contributed by atoms with E-state index in [0.717, 1.165) is 50.8 Å². The molecule has 1 N–H and O–H groups in total. The highest BCUT2D eigenvalue weighted by Crippen LogP contribution is 2.54. The molecule has 0 saturated carbocycles. The number of hydrogen-bond acceptors (Lipinski definition) is 6. The largest absolute Gasteiger partial charge is 0.508 e. The topological polar surface area (TPSA) is 132 Å². The Kier molecular flexibility index (Phi) is 6.20. The van der Waals surface area contributed by atoms with Gasteiger partial charge >= 0.3 is 0 Å². The van der Waals surface area contributed by atoms with E-state index in [0.29, 0.717) is 39.0 Å². The molecule has 0 fully saturated rings. The summed E-state index contributed by atoms with van der Waals surface area (Å²) in [5.74, 6) is 0.126. The molecule has 2 aliphatic carbocycles. The lowest BCUT2D eigenvalue weighted by atomic mass is 9.93. The van der Waals surface area contributed by atoms with Crippen molar-refractivity contribution in [2.24, 2.45) is 0 Å². The van der Waals surface area contributed by atoms with Gasteiger partial charge in [-0.1, -0.05) is 54.6 Å². The number of phenols is 1. The van der Waals surface area contributed by atoms with Crippen LogP contribution in [-0.2, 0) is 0 Å². The smallest absolute Gasteiger partial charge is 0.150 e. The molecule has 0 amide bonds. The number of hydrogen-bond donors (Lipinski definition) is 1. The molecule has 7 rings (SSSR count). The van der Waals surface area contributed by atoms with Crippen LogP contribution in [0.1, 0.15) is 32.6 Å². The average molecular weight is 575 g/mol. The molecule has 6 heteroatoms. The number of phenolic OH excluding ortho intramolecular Hbond substituents is 1. The first-order chi connectivity index (χ1) is 22.0. The van der Waals surface area contributed by atoms with Crippen LogP contribution < -0.4 is 0 Å². The number of carbonyl (C=O) groups excluding carboxylic acids is 1. The summed E-state index contributed by atoms with van der Waals surface area (Å²) in [6.45, 7) is 0. The van der Waals surface area contributed by atoms with Gasteiger partial charge in [-0.15, -0.1) is 0 Å². The highest BCUT2D eigenvalue weighted by molar-refractivity contribution is 6.11. The summed E-state index contributed by atoms with van der Waals surface area (Å²) >= 11 is 0. The molecular weight excluding hydrogens is 556 g/mol. The van der Waals surface area contributed by atoms with E-state index < -0.39 is 0 Å². The maximum Gasteiger partial charge on any atom is 0.150 e. The molecular formula is C39H18N4O2. The number of allylic oxidation sites excluding steroid dienone is 2. The van der Waals surface area contributed by atoms with Gasteiger partial charge in [0.25, 0.3) is 0 Å². The van der Waals surface area contributed by atoms with Gasteiger partial charge in [0.2, 0.25) is 0 Å². The van der Waals surface area contributed by atoms with E-state index >= 15 is 0 Å². The lowest BCUT2D eigenvalue weighted by Crippen LogP contribution is -1.91. The van der Waals surface area contributed by atoms with Crippen molar-refractivity contribution in [3.63, 3.8) is 0 Å². The van der Waals surface area contributed by atoms with Crippen LogP contribution in [-0.4, -0.2) is 11.4 Å². The minimum atomic E-state index is -0.0308. The Hall–Kier alpha value is -6.99. The van der Waals surface area contributed by atoms with E-state index in [1.54, 1.807) is 36.4 Å². The van der Waals surface area contributed by atoms with Crippen LogP contribution in [0.3, 0.4) is 0 Å². The molecule has 5 aromatic rings. The van der Waals surface area contributed by atoms with Gasteiger partial charge in [0, 0.05) is 16.7 Å². The minimum absolute atomic E-state index is 0.0304. The second-order valence-electron chi connectivity index (χ2n) is 10.7. The van der Waals surface area contributed by atoms with Crippen molar-refractivity contribution in [3.05, 3.63) is 136 Å². The summed E-state index contributed by atoms with van der Waals surface area (Å²) in [4.78, 5) is 11.4. The van der Waals surface area contributed by atoms with Crippen molar-refractivity contribution >= 4 is 17.4 Å². The fourth-order valence-electron chi connectivity index (χ4n) is 6.37. The van der Waals surface area contributed by atoms with Crippen LogP contribution in [0.4, 0.5) is 0 Å². The third kappa shape index (κ3) is 4.11. The number of benzene rings is 5. The molecule has 0 heterocycles. The molecule has 0 unspecified atom stereocenters. The fraction of sp³-hybridized carbons (Fsp3) is 0. The molecule has 0 spiro atoms. The van der Waals surface area contributed by atoms with Crippen molar-refractivity contribution in [1.82, 2.24) is 0 Å². The molecule has 2 aliphatic rings. The van der Waals surface area contributed by atoms with Gasteiger partial charge < -0.3 is 5.11 Å². The second-order valence-corrected chi connectivity index (χ2v) is 10.7. The van der Waals surface area contributed by atoms with Crippen LogP contribution >= 0.6 is 0 Å². The van der Waals surface area contributed by atoms with E-state index in [9.17, 15) is 30.9 Å². The van der Waals surface area contributed by atoms with Crippen molar-refractivity contribution < 1.29 is 9.90 Å². The number of carbonyl (C=O) groups is 1. The van der Waals surface area contributed by atoms with Crippen LogP contribution in [0.25, 0.3) is 55.7 Å². The van der Waals surface area contributed by atoms with Crippen molar-refractivity contribution in [3.8, 4) is 74.5 Å². The molecule has 0 saturated heterocycles. The summed E-state index contributed by atoms with van der Waals surface area (Å²) in [5, 5.41) is 50.1. The number of aldehydes is 1. The number of nitrogens with zero attached hydrogens (tertiary/aromatic N) is 4. The predicted molar refractivity (Wildman–Crippen MR) is 170 cm³/mol. The van der Waals surface area contributed by atoms with E-state index in [-0.39, 0.29) is 16.9 Å². The summed E-state index contributed by atoms with van der Waals surface area (Å²) in [6.07, 6.45) is 0.787. The zero-order chi connectivity index (χ0) is 31.2. The number of rotatable bonds is 3. The van der Waals surface area contributed by atoms with E-state index in [1.165, 1.54) is 0 Å². The van der Waals surface area contributed by atoms with Gasteiger partial charge in [0.05, 0.1) is 0 Å². The first-order valence-electron chi connectivity index (χ1n) is 13.9. The lowest BCUT2D eigenvalue weighted by molar-refractivity contribution is 0.112. The van der Waals surface area contributed by atoms with Gasteiger partial charge in [-0.2, -0.15) is 21.0 Å². The monoisotopic (exact) mass is 574 g/mol. The third-order valence-corrected chi connectivity index (χ3v) is 8.34. The first-order valence-corrected chi connectivity index (χ1v) is 13.9. The second kappa shape index (κ2) is 10.4. The minimum Gasteiger partial charge on any atom is -0.508 e. The average Bonchev–Trinajstić information content (AvgIpc) is 3.56. The maximum absolute atomic E-state index is 11.4. The van der Waals surface area contributed by atoms with Crippen molar-refractivity contribution in [2.75, 3.05) is 0 Å². The summed E-state index contributed by atoms with van der Waals surface area (Å²) in [6, 6.07) is 37.8. The Morgan fingerprint density at radius 3 is 1.40 bits per heavy atom. The highest BCUT2D eigenvalue weighted by atomic mass is 16.3.